The van der Waals surface area contributed by atoms with Crippen LogP contribution < -0.4 is 10.6 Å². The lowest BCUT2D eigenvalue weighted by atomic mass is 9.86. The number of aromatic nitrogens is 1. The van der Waals surface area contributed by atoms with E-state index in [0.29, 0.717) is 36.6 Å². The molecule has 0 bridgehead atoms. The van der Waals surface area contributed by atoms with Crippen molar-refractivity contribution in [2.24, 2.45) is 0 Å². The van der Waals surface area contributed by atoms with E-state index in [1.54, 1.807) is 7.11 Å². The molecule has 0 aliphatic carbocycles. The molecule has 0 fully saturated rings. The summed E-state index contributed by atoms with van der Waals surface area (Å²) >= 11 is 0. The summed E-state index contributed by atoms with van der Waals surface area (Å²) in [4.78, 5) is 26.2. The van der Waals surface area contributed by atoms with E-state index < -0.39 is 0 Å². The summed E-state index contributed by atoms with van der Waals surface area (Å²) in [5.41, 5.74) is 6.40. The molecule has 0 saturated carbocycles. The smallest absolute Gasteiger partial charge is 0.268 e. The normalized spacial score (nSPS) is 12.0. The highest BCUT2D eigenvalue weighted by atomic mass is 16.5. The number of amides is 2. The molecule has 0 atom stereocenters. The Morgan fingerprint density at radius 2 is 1.38 bits per heavy atom. The van der Waals surface area contributed by atoms with E-state index in [2.05, 4.69) is 76.4 Å². The maximum atomic E-state index is 13.2. The second kappa shape index (κ2) is 11.7. The fourth-order valence-corrected chi connectivity index (χ4v) is 4.68. The lowest BCUT2D eigenvalue weighted by molar-refractivity contribution is 0.0928. The van der Waals surface area contributed by atoms with Crippen LogP contribution in [0.2, 0.25) is 0 Å². The van der Waals surface area contributed by atoms with Crippen molar-refractivity contribution in [2.75, 3.05) is 25.6 Å². The Labute approximate surface area is 237 Å². The maximum absolute atomic E-state index is 13.2. The monoisotopic (exact) mass is 539 g/mol. The third-order valence-electron chi connectivity index (χ3n) is 7.16. The first-order valence-electron chi connectivity index (χ1n) is 13.8. The van der Waals surface area contributed by atoms with E-state index in [-0.39, 0.29) is 22.6 Å². The zero-order valence-corrected chi connectivity index (χ0v) is 24.7. The Balaban J connectivity index is 1.62. The Bertz CT molecular complexity index is 1490. The molecule has 3 aromatic carbocycles. The first-order chi connectivity index (χ1) is 18.9. The van der Waals surface area contributed by atoms with E-state index >= 15 is 0 Å². The summed E-state index contributed by atoms with van der Waals surface area (Å²) in [7, 11) is 1.61. The van der Waals surface area contributed by atoms with Gasteiger partial charge in [-0.3, -0.25) is 9.59 Å². The molecule has 0 aliphatic rings. The van der Waals surface area contributed by atoms with Crippen LogP contribution in [0.4, 0.5) is 5.69 Å². The van der Waals surface area contributed by atoms with Gasteiger partial charge in [-0.25, -0.2) is 0 Å². The van der Waals surface area contributed by atoms with Crippen LogP contribution in [0.1, 0.15) is 79.1 Å². The number of fused-ring (bicyclic) bond motifs is 1. The van der Waals surface area contributed by atoms with Crippen molar-refractivity contribution in [3.63, 3.8) is 0 Å². The fraction of sp³-hybridized carbons (Fsp3) is 0.353. The molecule has 2 amide bonds. The van der Waals surface area contributed by atoms with Gasteiger partial charge in [0.1, 0.15) is 5.69 Å². The Morgan fingerprint density at radius 3 is 1.95 bits per heavy atom. The minimum Gasteiger partial charge on any atom is -0.383 e. The van der Waals surface area contributed by atoms with Crippen LogP contribution in [-0.2, 0) is 22.1 Å². The molecule has 2 N–H and O–H groups in total. The van der Waals surface area contributed by atoms with Gasteiger partial charge in [0.15, 0.2) is 0 Å². The minimum atomic E-state index is -0.171. The Hall–Kier alpha value is -3.90. The van der Waals surface area contributed by atoms with E-state index in [0.717, 1.165) is 16.5 Å². The average Bonchev–Trinajstić information content (AvgIpc) is 3.25. The number of rotatable bonds is 8. The molecule has 4 aromatic rings. The van der Waals surface area contributed by atoms with Gasteiger partial charge >= 0.3 is 0 Å². The quantitative estimate of drug-likeness (QED) is 0.239. The van der Waals surface area contributed by atoms with Crippen molar-refractivity contribution in [1.29, 1.82) is 0 Å². The van der Waals surface area contributed by atoms with Crippen LogP contribution in [0.25, 0.3) is 10.9 Å². The lowest BCUT2D eigenvalue weighted by Crippen LogP contribution is -2.29. The van der Waals surface area contributed by atoms with E-state index in [1.165, 1.54) is 11.1 Å². The van der Waals surface area contributed by atoms with Crippen molar-refractivity contribution in [3.8, 4) is 0 Å². The average molecular weight is 540 g/mol. The predicted molar refractivity (Wildman–Crippen MR) is 163 cm³/mol. The molecule has 1 heterocycles. The van der Waals surface area contributed by atoms with Crippen LogP contribution in [0, 0.1) is 0 Å². The number of methoxy groups -OCH3 is 1. The van der Waals surface area contributed by atoms with Gasteiger partial charge < -0.3 is 19.9 Å². The van der Waals surface area contributed by atoms with Gasteiger partial charge in [0.25, 0.3) is 11.8 Å². The van der Waals surface area contributed by atoms with Crippen LogP contribution in [0.3, 0.4) is 0 Å². The first kappa shape index (κ1) is 29.1. The van der Waals surface area contributed by atoms with Crippen LogP contribution >= 0.6 is 0 Å². The zero-order chi connectivity index (χ0) is 29.1. The topological polar surface area (TPSA) is 72.4 Å². The molecule has 0 unspecified atom stereocenters. The first-order valence-corrected chi connectivity index (χ1v) is 13.8. The predicted octanol–water partition coefficient (Wildman–Crippen LogP) is 6.91. The Kier molecular flexibility index (Phi) is 8.50. The maximum Gasteiger partial charge on any atom is 0.268 e. The highest BCUT2D eigenvalue weighted by Crippen LogP contribution is 2.27. The second-order valence-electron chi connectivity index (χ2n) is 12.4. The van der Waals surface area contributed by atoms with Crippen LogP contribution in [0.5, 0.6) is 0 Å². The number of nitrogens with one attached hydrogen (secondary N) is 2. The van der Waals surface area contributed by atoms with Gasteiger partial charge in [0.05, 0.1) is 6.61 Å². The van der Waals surface area contributed by atoms with E-state index in [9.17, 15) is 9.59 Å². The number of ether oxygens (including phenoxy) is 1. The largest absolute Gasteiger partial charge is 0.383 e. The second-order valence-corrected chi connectivity index (χ2v) is 12.4. The molecule has 0 spiro atoms. The molecule has 0 aliphatic heterocycles. The van der Waals surface area contributed by atoms with Gasteiger partial charge in [-0.2, -0.15) is 0 Å². The molecule has 6 nitrogen and oxygen atoms in total. The lowest BCUT2D eigenvalue weighted by Gasteiger charge is -2.19. The molecule has 1 aromatic heterocycles. The third-order valence-corrected chi connectivity index (χ3v) is 7.16. The van der Waals surface area contributed by atoms with Crippen LogP contribution in [-0.4, -0.2) is 36.6 Å². The number of hydrogen-bond donors (Lipinski definition) is 2. The molecule has 6 heteroatoms. The zero-order valence-electron chi connectivity index (χ0n) is 24.7. The van der Waals surface area contributed by atoms with Gasteiger partial charge in [0, 0.05) is 42.4 Å². The molecule has 210 valence electrons. The van der Waals surface area contributed by atoms with E-state index in [4.69, 9.17) is 4.74 Å². The minimum absolute atomic E-state index is 0.0232. The number of carbonyl (C=O) groups is 2. The highest BCUT2D eigenvalue weighted by Gasteiger charge is 2.19. The molecule has 40 heavy (non-hydrogen) atoms. The third kappa shape index (κ3) is 6.80. The molecular weight excluding hydrogens is 498 g/mol. The van der Waals surface area contributed by atoms with E-state index in [1.807, 2.05) is 53.1 Å². The Morgan fingerprint density at radius 1 is 0.775 bits per heavy atom. The summed E-state index contributed by atoms with van der Waals surface area (Å²) < 4.78 is 7.13. The van der Waals surface area contributed by atoms with Crippen molar-refractivity contribution in [2.45, 2.75) is 58.9 Å². The standard InChI is InChI=1S/C34H41N3O3/c1-33(2,3)26-12-8-23(9-13-26)22-37-29-17-16-28(20-25(29)21-30(37)32(39)35-18-19-40-7)36-31(38)24-10-14-27(15-11-24)34(4,5)6/h8-17,20-21H,18-19,22H2,1-7H3,(H,35,39)(H,36,38). The number of benzene rings is 3. The van der Waals surface area contributed by atoms with Gasteiger partial charge in [0.2, 0.25) is 0 Å². The van der Waals surface area contributed by atoms with Crippen molar-refractivity contribution in [1.82, 2.24) is 9.88 Å². The van der Waals surface area contributed by atoms with Crippen molar-refractivity contribution < 1.29 is 14.3 Å². The molecule has 0 radical (unpaired) electrons. The summed E-state index contributed by atoms with van der Waals surface area (Å²) in [5.74, 6) is -0.334. The van der Waals surface area contributed by atoms with Gasteiger partial charge in [-0.15, -0.1) is 0 Å². The molecular formula is C34H41N3O3. The summed E-state index contributed by atoms with van der Waals surface area (Å²) in [6.45, 7) is 14.4. The van der Waals surface area contributed by atoms with Gasteiger partial charge in [-0.05, 0) is 63.9 Å². The summed E-state index contributed by atoms with van der Waals surface area (Å²) in [6.07, 6.45) is 0. The molecule has 4 rings (SSSR count). The summed E-state index contributed by atoms with van der Waals surface area (Å²) in [5, 5.41) is 6.84. The number of nitrogens with zero attached hydrogens (tertiary/aromatic N) is 1. The number of hydrogen-bond acceptors (Lipinski definition) is 3. The van der Waals surface area contributed by atoms with Crippen molar-refractivity contribution >= 4 is 28.4 Å². The fourth-order valence-electron chi connectivity index (χ4n) is 4.68. The summed E-state index contributed by atoms with van der Waals surface area (Å²) in [6, 6.07) is 23.9. The van der Waals surface area contributed by atoms with Gasteiger partial charge in [-0.1, -0.05) is 77.9 Å². The number of carbonyl (C=O) groups excluding carboxylic acids is 2. The van der Waals surface area contributed by atoms with Crippen molar-refractivity contribution in [3.05, 3.63) is 101 Å². The highest BCUT2D eigenvalue weighted by molar-refractivity contribution is 6.06. The number of anilines is 1. The SMILES string of the molecule is COCCNC(=O)c1cc2cc(NC(=O)c3ccc(C(C)(C)C)cc3)ccc2n1Cc1ccc(C(C)(C)C)cc1. The molecule has 0 saturated heterocycles. The van der Waals surface area contributed by atoms with Crippen LogP contribution in [0.15, 0.2) is 72.8 Å².